The minimum absolute atomic E-state index is 1.10. The van der Waals surface area contributed by atoms with Gasteiger partial charge in [0.15, 0.2) is 0 Å². The highest BCUT2D eigenvalue weighted by molar-refractivity contribution is 6.18. The van der Waals surface area contributed by atoms with E-state index in [1.54, 1.807) is 0 Å². The summed E-state index contributed by atoms with van der Waals surface area (Å²) in [4.78, 5) is 0. The van der Waals surface area contributed by atoms with E-state index in [9.17, 15) is 0 Å². The molecule has 0 spiro atoms. The van der Waals surface area contributed by atoms with Crippen molar-refractivity contribution in [1.82, 2.24) is 18.3 Å². The first-order chi connectivity index (χ1) is 44.9. The van der Waals surface area contributed by atoms with E-state index in [1.165, 1.54) is 104 Å². The van der Waals surface area contributed by atoms with Crippen molar-refractivity contribution in [2.75, 3.05) is 0 Å². The van der Waals surface area contributed by atoms with Gasteiger partial charge in [-0.05, 0) is 155 Å². The van der Waals surface area contributed by atoms with Gasteiger partial charge in [0.2, 0.25) is 0 Å². The lowest BCUT2D eigenvalue weighted by Gasteiger charge is -2.31. The summed E-state index contributed by atoms with van der Waals surface area (Å²) in [7, 11) is 0. The van der Waals surface area contributed by atoms with Gasteiger partial charge >= 0.3 is 0 Å². The molecule has 0 bridgehead atoms. The van der Waals surface area contributed by atoms with E-state index in [1.807, 2.05) is 0 Å². The Morgan fingerprint density at radius 3 is 0.703 bits per heavy atom. The largest absolute Gasteiger partial charge is 0.307 e. The van der Waals surface area contributed by atoms with Crippen LogP contribution >= 0.6 is 0 Å². The predicted octanol–water partition coefficient (Wildman–Crippen LogP) is 23.3. The van der Waals surface area contributed by atoms with E-state index < -0.39 is 0 Å². The van der Waals surface area contributed by atoms with E-state index in [0.29, 0.717) is 0 Å². The lowest BCUT2D eigenvalue weighted by atomic mass is 9.89. The highest BCUT2D eigenvalue weighted by Crippen LogP contribution is 2.54. The maximum atomic E-state index is 2.66. The third-order valence-electron chi connectivity index (χ3n) is 19.4. The second-order valence-electron chi connectivity index (χ2n) is 24.5. The van der Waals surface area contributed by atoms with Crippen molar-refractivity contribution in [2.45, 2.75) is 20.8 Å². The Balaban J connectivity index is 1.13. The van der Waals surface area contributed by atoms with E-state index in [2.05, 4.69) is 348 Å². The number of hydrogen-bond acceptors (Lipinski definition) is 0. The average molecular weight is 1160 g/mol. The Morgan fingerprint density at radius 1 is 0.176 bits per heavy atom. The molecule has 4 aromatic heterocycles. The molecule has 0 amide bonds. The fourth-order valence-electron chi connectivity index (χ4n) is 15.3. The molecule has 18 aromatic rings. The van der Waals surface area contributed by atoms with Gasteiger partial charge in [-0.25, -0.2) is 0 Å². The molecule has 0 N–H and O–H groups in total. The lowest BCUT2D eigenvalue weighted by molar-refractivity contribution is 1.02. The number of rotatable bonds is 9. The Bertz CT molecular complexity index is 5300. The number of nitrogens with zero attached hydrogens (tertiary/aromatic N) is 4. The normalized spacial score (nSPS) is 11.9. The van der Waals surface area contributed by atoms with Gasteiger partial charge in [0.05, 0.1) is 66.9 Å². The van der Waals surface area contributed by atoms with Crippen LogP contribution in [0, 0.1) is 20.8 Å². The van der Waals surface area contributed by atoms with Crippen molar-refractivity contribution in [1.29, 1.82) is 0 Å². The van der Waals surface area contributed by atoms with Gasteiger partial charge in [-0.1, -0.05) is 237 Å². The first-order valence-corrected chi connectivity index (χ1v) is 31.6. The van der Waals surface area contributed by atoms with Crippen LogP contribution < -0.4 is 0 Å². The first-order valence-electron chi connectivity index (χ1n) is 31.6. The predicted molar refractivity (Wildman–Crippen MR) is 385 cm³/mol. The number of benzene rings is 14. The minimum atomic E-state index is 1.10. The van der Waals surface area contributed by atoms with Gasteiger partial charge in [0, 0.05) is 54.2 Å². The van der Waals surface area contributed by atoms with Crippen molar-refractivity contribution in [2.24, 2.45) is 0 Å². The number of para-hydroxylation sites is 4. The molecule has 4 heteroatoms. The highest BCUT2D eigenvalue weighted by Gasteiger charge is 2.35. The van der Waals surface area contributed by atoms with Gasteiger partial charge in [-0.2, -0.15) is 0 Å². The summed E-state index contributed by atoms with van der Waals surface area (Å²) in [5, 5.41) is 9.53. The van der Waals surface area contributed by atoms with Crippen LogP contribution in [0.15, 0.2) is 309 Å². The van der Waals surface area contributed by atoms with Crippen molar-refractivity contribution in [3.8, 4) is 78.4 Å². The monoisotopic (exact) mass is 1160 g/mol. The number of fused-ring (bicyclic) bond motifs is 12. The number of hydrogen-bond donors (Lipinski definition) is 0. The molecule has 0 aliphatic heterocycles. The molecule has 0 aliphatic carbocycles. The molecule has 91 heavy (non-hydrogen) atoms. The maximum Gasteiger partial charge on any atom is 0.0807 e. The Labute approximate surface area is 527 Å². The van der Waals surface area contributed by atoms with Crippen molar-refractivity contribution in [3.05, 3.63) is 326 Å². The molecule has 0 saturated carbocycles. The van der Waals surface area contributed by atoms with Crippen LogP contribution in [-0.2, 0) is 0 Å². The molecular weight excluding hydrogens is 1100 g/mol. The highest BCUT2D eigenvalue weighted by atomic mass is 15.1. The third-order valence-corrected chi connectivity index (χ3v) is 19.4. The second-order valence-corrected chi connectivity index (χ2v) is 24.5. The Hall–Kier alpha value is -11.7. The molecule has 428 valence electrons. The zero-order valence-electron chi connectivity index (χ0n) is 50.7. The first kappa shape index (κ1) is 52.4. The smallest absolute Gasteiger partial charge is 0.0807 e. The van der Waals surface area contributed by atoms with Crippen LogP contribution in [0.4, 0.5) is 0 Å². The summed E-state index contributed by atoms with van der Waals surface area (Å²) >= 11 is 0. The zero-order chi connectivity index (χ0) is 60.4. The van der Waals surface area contributed by atoms with Gasteiger partial charge in [0.1, 0.15) is 0 Å². The molecule has 14 aromatic carbocycles. The molecule has 0 radical (unpaired) electrons. The van der Waals surface area contributed by atoms with E-state index >= 15 is 0 Å². The van der Waals surface area contributed by atoms with Crippen molar-refractivity contribution >= 4 is 87.2 Å². The molecule has 0 fully saturated rings. The quantitative estimate of drug-likeness (QED) is 0.137. The summed E-state index contributed by atoms with van der Waals surface area (Å²) in [5.41, 5.74) is 28.6. The number of aryl methyl sites for hydroxylation is 2. The van der Waals surface area contributed by atoms with E-state index in [4.69, 9.17) is 0 Å². The van der Waals surface area contributed by atoms with E-state index in [0.717, 1.165) is 78.0 Å². The average Bonchev–Trinajstić information content (AvgIpc) is 1.61. The van der Waals surface area contributed by atoms with Crippen LogP contribution in [0.3, 0.4) is 0 Å². The number of aromatic nitrogens is 4. The second kappa shape index (κ2) is 20.7. The SMILES string of the molecule is Cc1cccc(C)c1-c1c(-n2c3ccc(-c4ccccc4)cc3c3cc(-c4ccccc4)ccc32)c(-n2c3ccccc3c3ccccc32)c(C)c(-n2c3ccccc3c3ccccc32)c1-n1c2ccc(-c3ccccc3)cc2c2cc(-c3ccccc3)ccc21. The van der Waals surface area contributed by atoms with Crippen LogP contribution in [0.1, 0.15) is 16.7 Å². The van der Waals surface area contributed by atoms with Gasteiger partial charge in [-0.15, -0.1) is 0 Å². The van der Waals surface area contributed by atoms with E-state index in [-0.39, 0.29) is 0 Å². The molecule has 0 atom stereocenters. The summed E-state index contributed by atoms with van der Waals surface area (Å²) in [6.07, 6.45) is 0. The molecule has 18 rings (SSSR count). The zero-order valence-corrected chi connectivity index (χ0v) is 50.7. The fraction of sp³-hybridized carbons (Fsp3) is 0.0345. The fourth-order valence-corrected chi connectivity index (χ4v) is 15.3. The van der Waals surface area contributed by atoms with Crippen molar-refractivity contribution in [3.63, 3.8) is 0 Å². The minimum Gasteiger partial charge on any atom is -0.307 e. The Morgan fingerprint density at radius 2 is 0.418 bits per heavy atom. The summed E-state index contributed by atoms with van der Waals surface area (Å²) in [5.74, 6) is 0. The summed E-state index contributed by atoms with van der Waals surface area (Å²) < 4.78 is 10.6. The van der Waals surface area contributed by atoms with Gasteiger partial charge in [0.25, 0.3) is 0 Å². The molecule has 0 unspecified atom stereocenters. The van der Waals surface area contributed by atoms with Gasteiger partial charge < -0.3 is 18.3 Å². The van der Waals surface area contributed by atoms with Crippen LogP contribution in [0.2, 0.25) is 0 Å². The maximum absolute atomic E-state index is 2.66. The van der Waals surface area contributed by atoms with Crippen LogP contribution in [0.5, 0.6) is 0 Å². The topological polar surface area (TPSA) is 19.7 Å². The molecule has 4 heterocycles. The molecule has 0 aliphatic rings. The third kappa shape index (κ3) is 8.02. The molecule has 0 saturated heterocycles. The van der Waals surface area contributed by atoms with Crippen LogP contribution in [-0.4, -0.2) is 18.3 Å². The lowest BCUT2D eigenvalue weighted by Crippen LogP contribution is -2.16. The molecular formula is C87H60N4. The molecule has 4 nitrogen and oxygen atoms in total. The Kier molecular flexibility index (Phi) is 11.9. The summed E-state index contributed by atoms with van der Waals surface area (Å²) in [6, 6.07) is 115. The van der Waals surface area contributed by atoms with Gasteiger partial charge in [-0.3, -0.25) is 0 Å². The standard InChI is InChI=1S/C87H60N4/c1-55-25-24-26-56(2)82(55)83-86(90-78-47-43-62(58-27-8-4-9-28-58)51-70(78)71-52-63(44-48-79(71)90)59-29-10-5-11-30-59)84(88-74-39-20-16-35-66(74)67-36-17-21-40-75(67)88)57(3)85(89-76-41-22-18-37-68(76)69-38-19-23-42-77(69)89)87(83)91-80-49-45-64(60-31-12-6-13-32-60)53-72(80)73-54-65(46-50-81(73)91)61-33-14-7-15-34-61/h4-54H,1-3H3. The van der Waals surface area contributed by atoms with Crippen LogP contribution in [0.25, 0.3) is 166 Å². The summed E-state index contributed by atoms with van der Waals surface area (Å²) in [6.45, 7) is 7.07. The van der Waals surface area contributed by atoms with Crippen molar-refractivity contribution < 1.29 is 0 Å².